The highest BCUT2D eigenvalue weighted by Gasteiger charge is 2.12. The van der Waals surface area contributed by atoms with E-state index in [-0.39, 0.29) is 4.90 Å². The number of benzene rings is 3. The van der Waals surface area contributed by atoms with Crippen molar-refractivity contribution in [1.82, 2.24) is 0 Å². The fraction of sp³-hybridized carbons (Fsp3) is 0.182. The van der Waals surface area contributed by atoms with Gasteiger partial charge >= 0.3 is 0 Å². The van der Waals surface area contributed by atoms with Crippen LogP contribution in [-0.4, -0.2) is 15.0 Å². The third kappa shape index (κ3) is 6.61. The number of nitrogens with two attached hydrogens (primary N) is 1. The van der Waals surface area contributed by atoms with Crippen molar-refractivity contribution in [3.05, 3.63) is 81.3 Å². The van der Waals surface area contributed by atoms with Crippen molar-refractivity contribution in [2.45, 2.75) is 25.0 Å². The molecule has 0 heterocycles. The summed E-state index contributed by atoms with van der Waals surface area (Å²) in [6, 6.07) is 17.5. The molecule has 164 valence electrons. The van der Waals surface area contributed by atoms with E-state index in [0.29, 0.717) is 36.3 Å². The van der Waals surface area contributed by atoms with Crippen molar-refractivity contribution >= 4 is 43.2 Å². The Labute approximate surface area is 195 Å². The Morgan fingerprint density at radius 3 is 2.39 bits per heavy atom. The Kier molecular flexibility index (Phi) is 7.83. The van der Waals surface area contributed by atoms with Crippen LogP contribution in [0.15, 0.2) is 70.0 Å². The molecule has 3 aromatic rings. The van der Waals surface area contributed by atoms with Gasteiger partial charge in [0.1, 0.15) is 6.61 Å². The van der Waals surface area contributed by atoms with Crippen LogP contribution < -0.4 is 19.9 Å². The molecule has 0 aliphatic carbocycles. The molecule has 0 aromatic heterocycles. The smallest absolute Gasteiger partial charge is 0.238 e. The van der Waals surface area contributed by atoms with Gasteiger partial charge < -0.3 is 14.8 Å². The molecule has 0 aliphatic heterocycles. The minimum absolute atomic E-state index is 0.0686. The van der Waals surface area contributed by atoms with E-state index in [2.05, 4.69) is 21.2 Å². The SMILES string of the molecule is CCOc1cc(CNc2ccc(S(N)(=O)=O)cc2)c(Br)cc1OCc1cccc(Cl)c1. The minimum Gasteiger partial charge on any atom is -0.490 e. The molecule has 9 heteroatoms. The maximum Gasteiger partial charge on any atom is 0.238 e. The highest BCUT2D eigenvalue weighted by molar-refractivity contribution is 9.10. The van der Waals surface area contributed by atoms with Crippen LogP contribution in [0, 0.1) is 0 Å². The van der Waals surface area contributed by atoms with Crippen LogP contribution in [0.25, 0.3) is 0 Å². The molecule has 0 saturated heterocycles. The second-order valence-electron chi connectivity index (χ2n) is 6.66. The number of sulfonamides is 1. The number of hydrogen-bond donors (Lipinski definition) is 2. The van der Waals surface area contributed by atoms with Crippen molar-refractivity contribution in [3.63, 3.8) is 0 Å². The predicted molar refractivity (Wildman–Crippen MR) is 126 cm³/mol. The molecule has 0 fully saturated rings. The fourth-order valence-electron chi connectivity index (χ4n) is 2.84. The van der Waals surface area contributed by atoms with Crippen LogP contribution in [0.4, 0.5) is 5.69 Å². The molecule has 0 spiro atoms. The maximum absolute atomic E-state index is 11.4. The Morgan fingerprint density at radius 2 is 1.74 bits per heavy atom. The molecule has 0 radical (unpaired) electrons. The van der Waals surface area contributed by atoms with E-state index < -0.39 is 10.0 Å². The van der Waals surface area contributed by atoms with Gasteiger partial charge in [-0.1, -0.05) is 39.7 Å². The Balaban J connectivity index is 1.73. The lowest BCUT2D eigenvalue weighted by molar-refractivity contribution is 0.269. The monoisotopic (exact) mass is 524 g/mol. The molecule has 0 unspecified atom stereocenters. The zero-order valence-corrected chi connectivity index (χ0v) is 19.9. The van der Waals surface area contributed by atoms with Crippen LogP contribution in [0.3, 0.4) is 0 Å². The van der Waals surface area contributed by atoms with Crippen molar-refractivity contribution in [2.24, 2.45) is 5.14 Å². The third-order valence-corrected chi connectivity index (χ3v) is 6.26. The number of rotatable bonds is 9. The Hall–Kier alpha value is -2.26. The summed E-state index contributed by atoms with van der Waals surface area (Å²) in [6.07, 6.45) is 0. The van der Waals surface area contributed by atoms with Gasteiger partial charge in [0.05, 0.1) is 11.5 Å². The number of nitrogens with one attached hydrogen (secondary N) is 1. The molecule has 0 bridgehead atoms. The zero-order chi connectivity index (χ0) is 22.4. The largest absolute Gasteiger partial charge is 0.490 e. The van der Waals surface area contributed by atoms with Crippen molar-refractivity contribution in [1.29, 1.82) is 0 Å². The molecule has 0 atom stereocenters. The first-order valence-electron chi connectivity index (χ1n) is 9.45. The van der Waals surface area contributed by atoms with Gasteiger partial charge in [-0.2, -0.15) is 0 Å². The molecular weight excluding hydrogens is 504 g/mol. The van der Waals surface area contributed by atoms with Crippen LogP contribution in [0.1, 0.15) is 18.1 Å². The number of ether oxygens (including phenoxy) is 2. The second-order valence-corrected chi connectivity index (χ2v) is 9.52. The van der Waals surface area contributed by atoms with Gasteiger partial charge in [-0.25, -0.2) is 13.6 Å². The van der Waals surface area contributed by atoms with Gasteiger partial charge in [0, 0.05) is 21.7 Å². The van der Waals surface area contributed by atoms with Crippen molar-refractivity contribution < 1.29 is 17.9 Å². The second kappa shape index (κ2) is 10.4. The number of hydrogen-bond acceptors (Lipinski definition) is 5. The molecule has 0 amide bonds. The van der Waals surface area contributed by atoms with Gasteiger partial charge in [-0.15, -0.1) is 0 Å². The standard InChI is InChI=1S/C22H22BrClN2O4S/c1-2-29-21-11-16(13-26-18-6-8-19(9-7-18)31(25,27)28)20(23)12-22(21)30-14-15-4-3-5-17(24)10-15/h3-12,26H,2,13-14H2,1H3,(H2,25,27,28). The van der Waals surface area contributed by atoms with E-state index in [1.54, 1.807) is 12.1 Å². The first-order valence-corrected chi connectivity index (χ1v) is 12.2. The summed E-state index contributed by atoms with van der Waals surface area (Å²) < 4.78 is 35.4. The number of halogens is 2. The summed E-state index contributed by atoms with van der Waals surface area (Å²) in [5, 5.41) is 9.05. The van der Waals surface area contributed by atoms with Gasteiger partial charge in [0.25, 0.3) is 0 Å². The molecule has 3 rings (SSSR count). The lowest BCUT2D eigenvalue weighted by Gasteiger charge is -2.16. The van der Waals surface area contributed by atoms with Gasteiger partial charge in [0.15, 0.2) is 11.5 Å². The van der Waals surface area contributed by atoms with E-state index >= 15 is 0 Å². The molecular formula is C22H22BrClN2O4S. The molecule has 3 aromatic carbocycles. The van der Waals surface area contributed by atoms with Crippen molar-refractivity contribution in [2.75, 3.05) is 11.9 Å². The van der Waals surface area contributed by atoms with Crippen molar-refractivity contribution in [3.8, 4) is 11.5 Å². The van der Waals surface area contributed by atoms with Gasteiger partial charge in [-0.05, 0) is 66.6 Å². The minimum atomic E-state index is -3.71. The van der Waals surface area contributed by atoms with Crippen LogP contribution in [-0.2, 0) is 23.2 Å². The van der Waals surface area contributed by atoms with E-state index in [9.17, 15) is 8.42 Å². The van der Waals surface area contributed by atoms with E-state index in [1.165, 1.54) is 12.1 Å². The summed E-state index contributed by atoms with van der Waals surface area (Å²) in [7, 11) is -3.71. The molecule has 3 N–H and O–H groups in total. The first-order chi connectivity index (χ1) is 14.8. The molecule has 31 heavy (non-hydrogen) atoms. The maximum atomic E-state index is 11.4. The fourth-order valence-corrected chi connectivity index (χ4v) is 4.03. The van der Waals surface area contributed by atoms with E-state index in [1.807, 2.05) is 43.3 Å². The van der Waals surface area contributed by atoms with Crippen LogP contribution >= 0.6 is 27.5 Å². The average molecular weight is 526 g/mol. The van der Waals surface area contributed by atoms with Crippen LogP contribution in [0.2, 0.25) is 5.02 Å². The lowest BCUT2D eigenvalue weighted by atomic mass is 10.2. The average Bonchev–Trinajstić information content (AvgIpc) is 2.72. The Morgan fingerprint density at radius 1 is 1.03 bits per heavy atom. The highest BCUT2D eigenvalue weighted by Crippen LogP contribution is 2.35. The third-order valence-electron chi connectivity index (χ3n) is 4.36. The normalized spacial score (nSPS) is 11.2. The number of anilines is 1. The van der Waals surface area contributed by atoms with E-state index in [0.717, 1.165) is 21.3 Å². The van der Waals surface area contributed by atoms with Crippen LogP contribution in [0.5, 0.6) is 11.5 Å². The quantitative estimate of drug-likeness (QED) is 0.393. The van der Waals surface area contributed by atoms with Gasteiger partial charge in [0.2, 0.25) is 10.0 Å². The summed E-state index contributed by atoms with van der Waals surface area (Å²) in [4.78, 5) is 0.0686. The predicted octanol–water partition coefficient (Wildman–Crippen LogP) is 5.34. The molecule has 0 saturated carbocycles. The lowest BCUT2D eigenvalue weighted by Crippen LogP contribution is -2.12. The molecule has 6 nitrogen and oxygen atoms in total. The summed E-state index contributed by atoms with van der Waals surface area (Å²) in [5.74, 6) is 1.25. The van der Waals surface area contributed by atoms with E-state index in [4.69, 9.17) is 26.2 Å². The summed E-state index contributed by atoms with van der Waals surface area (Å²) in [5.41, 5.74) is 2.67. The molecule has 0 aliphatic rings. The van der Waals surface area contributed by atoms with Gasteiger partial charge in [-0.3, -0.25) is 0 Å². The Bertz CT molecular complexity index is 1150. The zero-order valence-electron chi connectivity index (χ0n) is 16.8. The summed E-state index contributed by atoms with van der Waals surface area (Å²) in [6.45, 7) is 3.26. The first kappa shape index (κ1) is 23.4. The highest BCUT2D eigenvalue weighted by atomic mass is 79.9. The number of primary sulfonamides is 1. The topological polar surface area (TPSA) is 90.6 Å². The summed E-state index contributed by atoms with van der Waals surface area (Å²) >= 11 is 9.63.